The van der Waals surface area contributed by atoms with E-state index in [1.165, 1.54) is 19.3 Å². The van der Waals surface area contributed by atoms with E-state index in [9.17, 15) is 8.78 Å². The first-order valence-corrected chi connectivity index (χ1v) is 5.25. The predicted octanol–water partition coefficient (Wildman–Crippen LogP) is 2.81. The molecule has 1 fully saturated rings. The Morgan fingerprint density at radius 3 is 2.62 bits per heavy atom. The van der Waals surface area contributed by atoms with Crippen LogP contribution in [0.25, 0.3) is 0 Å². The highest BCUT2D eigenvalue weighted by atomic mass is 19.3. The lowest BCUT2D eigenvalue weighted by atomic mass is 9.83. The molecule has 0 saturated heterocycles. The van der Waals surface area contributed by atoms with Crippen LogP contribution in [0.2, 0.25) is 0 Å². The van der Waals surface area contributed by atoms with Crippen molar-refractivity contribution in [2.24, 2.45) is 5.92 Å². The molecule has 2 atom stereocenters. The summed E-state index contributed by atoms with van der Waals surface area (Å²) in [6.07, 6.45) is 3.64. The molecule has 13 heavy (non-hydrogen) atoms. The van der Waals surface area contributed by atoms with E-state index in [0.29, 0.717) is 12.0 Å². The highest BCUT2D eigenvalue weighted by Gasteiger charge is 2.23. The van der Waals surface area contributed by atoms with Crippen LogP contribution in [0.5, 0.6) is 0 Å². The van der Waals surface area contributed by atoms with Gasteiger partial charge in [0.1, 0.15) is 0 Å². The topological polar surface area (TPSA) is 12.0 Å². The van der Waals surface area contributed by atoms with Crippen molar-refractivity contribution in [3.05, 3.63) is 0 Å². The first kappa shape index (κ1) is 10.9. The molecule has 3 heteroatoms. The summed E-state index contributed by atoms with van der Waals surface area (Å²) < 4.78 is 23.9. The second kappa shape index (κ2) is 5.53. The van der Waals surface area contributed by atoms with Gasteiger partial charge in [-0.2, -0.15) is 0 Å². The molecule has 0 heterocycles. The van der Waals surface area contributed by atoms with Crippen LogP contribution in [0.3, 0.4) is 0 Å². The number of hydrogen-bond acceptors (Lipinski definition) is 1. The van der Waals surface area contributed by atoms with Crippen LogP contribution in [-0.2, 0) is 0 Å². The molecule has 1 nitrogen and oxygen atoms in total. The maximum Gasteiger partial charge on any atom is 0.250 e. The van der Waals surface area contributed by atoms with Crippen molar-refractivity contribution in [1.82, 2.24) is 5.32 Å². The van der Waals surface area contributed by atoms with E-state index in [4.69, 9.17) is 0 Å². The standard InChI is InChI=1S/C10H19F2N/c1-2-8-5-3-4-6-9(8)13-7-10(11)12/h8-10,13H,2-7H2,1H3. The smallest absolute Gasteiger partial charge is 0.250 e. The van der Waals surface area contributed by atoms with Gasteiger partial charge in [0.2, 0.25) is 0 Å². The fourth-order valence-electron chi connectivity index (χ4n) is 2.21. The molecule has 1 rings (SSSR count). The molecule has 2 unspecified atom stereocenters. The van der Waals surface area contributed by atoms with E-state index >= 15 is 0 Å². The molecule has 1 aliphatic rings. The molecule has 1 saturated carbocycles. The van der Waals surface area contributed by atoms with Gasteiger partial charge in [-0.1, -0.05) is 26.2 Å². The molecule has 0 bridgehead atoms. The third-order valence-electron chi connectivity index (χ3n) is 2.97. The van der Waals surface area contributed by atoms with Gasteiger partial charge in [0.05, 0.1) is 6.54 Å². The number of hydrogen-bond donors (Lipinski definition) is 1. The number of alkyl halides is 2. The van der Waals surface area contributed by atoms with Crippen molar-refractivity contribution in [2.75, 3.05) is 6.54 Å². The van der Waals surface area contributed by atoms with Crippen molar-refractivity contribution >= 4 is 0 Å². The van der Waals surface area contributed by atoms with Crippen LogP contribution in [0.1, 0.15) is 39.0 Å². The van der Waals surface area contributed by atoms with Crippen LogP contribution < -0.4 is 5.32 Å². The van der Waals surface area contributed by atoms with Crippen LogP contribution in [-0.4, -0.2) is 19.0 Å². The zero-order valence-corrected chi connectivity index (χ0v) is 8.23. The fourth-order valence-corrected chi connectivity index (χ4v) is 2.21. The maximum atomic E-state index is 12.0. The van der Waals surface area contributed by atoms with E-state index in [-0.39, 0.29) is 6.54 Å². The minimum absolute atomic E-state index is 0.138. The largest absolute Gasteiger partial charge is 0.308 e. The van der Waals surface area contributed by atoms with Gasteiger partial charge < -0.3 is 5.32 Å². The quantitative estimate of drug-likeness (QED) is 0.720. The average molecular weight is 191 g/mol. The van der Waals surface area contributed by atoms with Crippen molar-refractivity contribution < 1.29 is 8.78 Å². The lowest BCUT2D eigenvalue weighted by molar-refractivity contribution is 0.129. The summed E-state index contributed by atoms with van der Waals surface area (Å²) in [5.74, 6) is 0.618. The lowest BCUT2D eigenvalue weighted by Gasteiger charge is -2.31. The predicted molar refractivity (Wildman–Crippen MR) is 50.0 cm³/mol. The monoisotopic (exact) mass is 191 g/mol. The Morgan fingerprint density at radius 1 is 1.31 bits per heavy atom. The Morgan fingerprint density at radius 2 is 2.00 bits per heavy atom. The minimum atomic E-state index is -2.21. The van der Waals surface area contributed by atoms with Gasteiger partial charge >= 0.3 is 0 Å². The highest BCUT2D eigenvalue weighted by molar-refractivity contribution is 4.80. The summed E-state index contributed by atoms with van der Waals surface area (Å²) in [5, 5.41) is 2.97. The van der Waals surface area contributed by atoms with Crippen LogP contribution in [0.4, 0.5) is 8.78 Å². The Kier molecular flexibility index (Phi) is 4.64. The number of halogens is 2. The second-order valence-electron chi connectivity index (χ2n) is 3.86. The maximum absolute atomic E-state index is 12.0. The highest BCUT2D eigenvalue weighted by Crippen LogP contribution is 2.26. The van der Waals surface area contributed by atoms with Crippen molar-refractivity contribution in [2.45, 2.75) is 51.5 Å². The van der Waals surface area contributed by atoms with E-state index in [1.807, 2.05) is 0 Å². The molecule has 0 aromatic heterocycles. The van der Waals surface area contributed by atoms with Crippen LogP contribution >= 0.6 is 0 Å². The molecular formula is C10H19F2N. The molecule has 0 aromatic rings. The summed E-state index contributed by atoms with van der Waals surface area (Å²) in [5.41, 5.74) is 0. The zero-order valence-electron chi connectivity index (χ0n) is 8.23. The third-order valence-corrected chi connectivity index (χ3v) is 2.97. The van der Waals surface area contributed by atoms with Gasteiger partial charge in [-0.3, -0.25) is 0 Å². The van der Waals surface area contributed by atoms with Crippen molar-refractivity contribution in [3.63, 3.8) is 0 Å². The summed E-state index contributed by atoms with van der Waals surface area (Å²) in [6.45, 7) is 2.01. The molecule has 78 valence electrons. The minimum Gasteiger partial charge on any atom is -0.308 e. The molecule has 0 amide bonds. The molecule has 0 spiro atoms. The van der Waals surface area contributed by atoms with Crippen LogP contribution in [0, 0.1) is 5.92 Å². The van der Waals surface area contributed by atoms with Crippen molar-refractivity contribution in [3.8, 4) is 0 Å². The van der Waals surface area contributed by atoms with E-state index in [1.54, 1.807) is 0 Å². The van der Waals surface area contributed by atoms with Gasteiger partial charge in [0, 0.05) is 6.04 Å². The molecule has 0 aromatic carbocycles. The van der Waals surface area contributed by atoms with Gasteiger partial charge in [-0.05, 0) is 18.8 Å². The zero-order chi connectivity index (χ0) is 9.68. The summed E-state index contributed by atoms with van der Waals surface area (Å²) in [4.78, 5) is 0. The summed E-state index contributed by atoms with van der Waals surface area (Å²) in [7, 11) is 0. The lowest BCUT2D eigenvalue weighted by Crippen LogP contribution is -2.40. The van der Waals surface area contributed by atoms with Gasteiger partial charge in [-0.15, -0.1) is 0 Å². The van der Waals surface area contributed by atoms with Gasteiger partial charge in [0.15, 0.2) is 0 Å². The van der Waals surface area contributed by atoms with Gasteiger partial charge in [0.25, 0.3) is 6.43 Å². The fraction of sp³-hybridized carbons (Fsp3) is 1.00. The Hall–Kier alpha value is -0.180. The average Bonchev–Trinajstić information content (AvgIpc) is 2.15. The first-order valence-electron chi connectivity index (χ1n) is 5.25. The van der Waals surface area contributed by atoms with Gasteiger partial charge in [-0.25, -0.2) is 8.78 Å². The molecule has 0 aliphatic heterocycles. The second-order valence-corrected chi connectivity index (χ2v) is 3.86. The van der Waals surface area contributed by atoms with E-state index in [2.05, 4.69) is 12.2 Å². The molecular weight excluding hydrogens is 172 g/mol. The Labute approximate surface area is 78.9 Å². The Balaban J connectivity index is 2.27. The SMILES string of the molecule is CCC1CCCCC1NCC(F)F. The molecule has 1 aliphatic carbocycles. The number of rotatable bonds is 4. The van der Waals surface area contributed by atoms with E-state index < -0.39 is 6.43 Å². The van der Waals surface area contributed by atoms with Crippen LogP contribution in [0.15, 0.2) is 0 Å². The summed E-state index contributed by atoms with van der Waals surface area (Å²) in [6, 6.07) is 0.341. The number of nitrogens with one attached hydrogen (secondary N) is 1. The Bertz CT molecular complexity index is 139. The molecule has 0 radical (unpaired) electrons. The first-order chi connectivity index (χ1) is 6.24. The molecule has 1 N–H and O–H groups in total. The van der Waals surface area contributed by atoms with Crippen molar-refractivity contribution in [1.29, 1.82) is 0 Å². The summed E-state index contributed by atoms with van der Waals surface area (Å²) >= 11 is 0. The van der Waals surface area contributed by atoms with E-state index in [0.717, 1.165) is 12.8 Å². The third kappa shape index (κ3) is 3.59. The normalized spacial score (nSPS) is 29.5.